The van der Waals surface area contributed by atoms with Gasteiger partial charge in [0.1, 0.15) is 11.0 Å². The van der Waals surface area contributed by atoms with Crippen molar-refractivity contribution in [3.05, 3.63) is 50.9 Å². The Morgan fingerprint density at radius 1 is 1.34 bits per heavy atom. The number of rotatable bonds is 6. The van der Waals surface area contributed by atoms with Crippen molar-refractivity contribution in [3.8, 4) is 0 Å². The van der Waals surface area contributed by atoms with Gasteiger partial charge in [-0.25, -0.2) is 9.67 Å². The van der Waals surface area contributed by atoms with E-state index in [1.807, 2.05) is 0 Å². The van der Waals surface area contributed by atoms with Crippen LogP contribution in [-0.4, -0.2) is 26.7 Å². The fraction of sp³-hybridized carbons (Fsp3) is 0.565. The molecule has 4 atom stereocenters. The summed E-state index contributed by atoms with van der Waals surface area (Å²) in [4.78, 5) is 28.5. The van der Waals surface area contributed by atoms with Crippen molar-refractivity contribution in [3.63, 3.8) is 0 Å². The number of amides is 1. The van der Waals surface area contributed by atoms with Crippen LogP contribution in [0, 0.1) is 29.1 Å². The maximum absolute atomic E-state index is 13.2. The van der Waals surface area contributed by atoms with E-state index >= 15 is 0 Å². The molecule has 2 N–H and O–H groups in total. The van der Waals surface area contributed by atoms with Crippen molar-refractivity contribution >= 4 is 27.5 Å². The van der Waals surface area contributed by atoms with Crippen LogP contribution in [0.25, 0.3) is 0 Å². The van der Waals surface area contributed by atoms with Gasteiger partial charge in [0.05, 0.1) is 11.9 Å². The summed E-state index contributed by atoms with van der Waals surface area (Å²) in [6.07, 6.45) is 3.92. The second-order valence-electron chi connectivity index (χ2n) is 9.46. The Balaban J connectivity index is 1.66. The van der Waals surface area contributed by atoms with Gasteiger partial charge in [-0.15, -0.1) is 0 Å². The number of hydrogen-bond acceptors (Lipinski definition) is 5. The van der Waals surface area contributed by atoms with Crippen molar-refractivity contribution < 1.29 is 9.18 Å². The van der Waals surface area contributed by atoms with Gasteiger partial charge < -0.3 is 10.6 Å². The van der Waals surface area contributed by atoms with Gasteiger partial charge in [-0.2, -0.15) is 9.49 Å². The Hall–Kier alpha value is -2.29. The molecule has 0 saturated heterocycles. The molecule has 1 aliphatic carbocycles. The normalized spacial score (nSPS) is 24.7. The number of hydrogen-bond donors (Lipinski definition) is 2. The van der Waals surface area contributed by atoms with E-state index in [1.54, 1.807) is 12.3 Å². The van der Waals surface area contributed by atoms with Crippen LogP contribution < -0.4 is 16.2 Å². The summed E-state index contributed by atoms with van der Waals surface area (Å²) in [5, 5.41) is 10.4. The van der Waals surface area contributed by atoms with Crippen LogP contribution in [0.4, 0.5) is 10.1 Å². The molecule has 1 amide bonds. The molecule has 3 rings (SSSR count). The lowest BCUT2D eigenvalue weighted by Crippen LogP contribution is -2.48. The molecule has 2 aromatic heterocycles. The monoisotopic (exact) mass is 507 g/mol. The molecular formula is C23H31BrFN5O2. The summed E-state index contributed by atoms with van der Waals surface area (Å²) in [5.41, 5.74) is 1.09. The van der Waals surface area contributed by atoms with E-state index in [4.69, 9.17) is 0 Å². The van der Waals surface area contributed by atoms with E-state index in [-0.39, 0.29) is 30.1 Å². The van der Waals surface area contributed by atoms with Crippen molar-refractivity contribution in [1.82, 2.24) is 20.1 Å². The minimum atomic E-state index is -0.610. The van der Waals surface area contributed by atoms with Gasteiger partial charge in [0.25, 0.3) is 5.56 Å². The minimum Gasteiger partial charge on any atom is -0.380 e. The largest absolute Gasteiger partial charge is 0.380 e. The lowest BCUT2D eigenvalue weighted by atomic mass is 9.58. The molecule has 0 spiro atoms. The van der Waals surface area contributed by atoms with Crippen LogP contribution in [-0.2, 0) is 17.9 Å². The Kier molecular flexibility index (Phi) is 7.37. The highest BCUT2D eigenvalue weighted by Gasteiger charge is 2.43. The molecule has 7 nitrogen and oxygen atoms in total. The summed E-state index contributed by atoms with van der Waals surface area (Å²) in [6, 6.07) is 3.09. The standard InChI is InChI=1S/C23H31BrFN5O2/c1-13-8-17(14(2)15(3)23(13,4)5)29-18-11-28-30(22(32)21(18)24)12-20(31)27-10-16-6-7-26-19(25)9-16/h6-7,9,11,13-15,17,29H,8,10,12H2,1-5H3,(H,27,31)/t13-,14+,15+,17+/m0/s1. The third kappa shape index (κ3) is 5.19. The molecule has 1 saturated carbocycles. The Labute approximate surface area is 196 Å². The van der Waals surface area contributed by atoms with Gasteiger partial charge in [-0.1, -0.05) is 34.6 Å². The zero-order valence-corrected chi connectivity index (χ0v) is 20.7. The fourth-order valence-electron chi connectivity index (χ4n) is 4.39. The second kappa shape index (κ2) is 9.68. The summed E-state index contributed by atoms with van der Waals surface area (Å²) in [7, 11) is 0. The number of anilines is 1. The quantitative estimate of drug-likeness (QED) is 0.577. The molecule has 0 unspecified atom stereocenters. The zero-order valence-electron chi connectivity index (χ0n) is 19.2. The van der Waals surface area contributed by atoms with Gasteiger partial charge in [0.2, 0.25) is 11.9 Å². The van der Waals surface area contributed by atoms with E-state index in [9.17, 15) is 14.0 Å². The molecule has 0 bridgehead atoms. The van der Waals surface area contributed by atoms with Gasteiger partial charge in [0, 0.05) is 18.8 Å². The lowest BCUT2D eigenvalue weighted by molar-refractivity contribution is -0.122. The number of carbonyl (C=O) groups is 1. The van der Waals surface area contributed by atoms with Crippen molar-refractivity contribution in [2.45, 2.75) is 60.2 Å². The van der Waals surface area contributed by atoms with Crippen LogP contribution in [0.1, 0.15) is 46.6 Å². The van der Waals surface area contributed by atoms with E-state index in [2.05, 4.69) is 71.3 Å². The maximum Gasteiger partial charge on any atom is 0.283 e. The highest BCUT2D eigenvalue weighted by atomic mass is 79.9. The average Bonchev–Trinajstić information content (AvgIpc) is 2.74. The van der Waals surface area contributed by atoms with Gasteiger partial charge in [-0.3, -0.25) is 9.59 Å². The third-order valence-electron chi connectivity index (χ3n) is 7.37. The van der Waals surface area contributed by atoms with Gasteiger partial charge >= 0.3 is 0 Å². The van der Waals surface area contributed by atoms with Crippen molar-refractivity contribution in [2.75, 3.05) is 5.32 Å². The molecule has 32 heavy (non-hydrogen) atoms. The second-order valence-corrected chi connectivity index (χ2v) is 10.2. The predicted octanol–water partition coefficient (Wildman–Crippen LogP) is 3.98. The van der Waals surface area contributed by atoms with E-state index in [0.29, 0.717) is 33.5 Å². The lowest BCUT2D eigenvalue weighted by Gasteiger charge is -2.50. The van der Waals surface area contributed by atoms with Crippen LogP contribution in [0.2, 0.25) is 0 Å². The smallest absolute Gasteiger partial charge is 0.283 e. The highest BCUT2D eigenvalue weighted by molar-refractivity contribution is 9.10. The predicted molar refractivity (Wildman–Crippen MR) is 126 cm³/mol. The summed E-state index contributed by atoms with van der Waals surface area (Å²) in [5.74, 6) is 0.486. The molecule has 0 radical (unpaired) electrons. The summed E-state index contributed by atoms with van der Waals surface area (Å²) in [6.45, 7) is 11.4. The van der Waals surface area contributed by atoms with E-state index in [1.165, 1.54) is 12.3 Å². The molecule has 174 valence electrons. The number of aromatic nitrogens is 3. The van der Waals surface area contributed by atoms with Crippen molar-refractivity contribution in [2.24, 2.45) is 23.2 Å². The molecule has 0 aliphatic heterocycles. The highest BCUT2D eigenvalue weighted by Crippen LogP contribution is 2.48. The van der Waals surface area contributed by atoms with Gasteiger partial charge in [-0.05, 0) is 63.2 Å². The van der Waals surface area contributed by atoms with Crippen LogP contribution in [0.3, 0.4) is 0 Å². The van der Waals surface area contributed by atoms with E-state index in [0.717, 1.165) is 11.1 Å². The topological polar surface area (TPSA) is 88.9 Å². The summed E-state index contributed by atoms with van der Waals surface area (Å²) >= 11 is 3.39. The summed E-state index contributed by atoms with van der Waals surface area (Å²) < 4.78 is 14.6. The maximum atomic E-state index is 13.2. The zero-order chi connectivity index (χ0) is 23.6. The van der Waals surface area contributed by atoms with E-state index < -0.39 is 11.9 Å². The molecular weight excluding hydrogens is 477 g/mol. The minimum absolute atomic E-state index is 0.139. The molecule has 9 heteroatoms. The molecule has 1 fully saturated rings. The number of pyridine rings is 1. The van der Waals surface area contributed by atoms with Crippen molar-refractivity contribution in [1.29, 1.82) is 0 Å². The first-order chi connectivity index (χ1) is 15.0. The Bertz CT molecular complexity index is 1040. The number of halogens is 2. The molecule has 2 heterocycles. The first kappa shape index (κ1) is 24.4. The first-order valence-corrected chi connectivity index (χ1v) is 11.7. The molecule has 2 aromatic rings. The molecule has 0 aromatic carbocycles. The van der Waals surface area contributed by atoms with Gasteiger partial charge in [0.15, 0.2) is 0 Å². The average molecular weight is 508 g/mol. The number of nitrogens with one attached hydrogen (secondary N) is 2. The SMILES string of the molecule is C[C@@H]1[C@@H](C)C(C)(C)[C@@H](C)C[C@H]1Nc1cnn(CC(=O)NCc2ccnc(F)c2)c(=O)c1Br. The Morgan fingerprint density at radius 3 is 2.75 bits per heavy atom. The number of carbonyl (C=O) groups excluding carboxylic acids is 1. The van der Waals surface area contributed by atoms with Crippen LogP contribution in [0.15, 0.2) is 33.8 Å². The van der Waals surface area contributed by atoms with Crippen LogP contribution in [0.5, 0.6) is 0 Å². The molecule has 1 aliphatic rings. The third-order valence-corrected chi connectivity index (χ3v) is 8.14. The number of nitrogens with zero attached hydrogens (tertiary/aromatic N) is 3. The fourth-order valence-corrected chi connectivity index (χ4v) is 4.81. The Morgan fingerprint density at radius 2 is 2.06 bits per heavy atom. The van der Waals surface area contributed by atoms with Crippen LogP contribution >= 0.6 is 15.9 Å². The first-order valence-electron chi connectivity index (χ1n) is 10.9.